The lowest BCUT2D eigenvalue weighted by Gasteiger charge is -2.33. The molecule has 1 aliphatic heterocycles. The third kappa shape index (κ3) is 4.33. The van der Waals surface area contributed by atoms with Gasteiger partial charge in [-0.05, 0) is 63.0 Å². The molecule has 0 aliphatic carbocycles. The Bertz CT molecular complexity index is 1470. The van der Waals surface area contributed by atoms with E-state index in [1.165, 1.54) is 0 Å². The molecule has 1 aliphatic rings. The van der Waals surface area contributed by atoms with Gasteiger partial charge in [0.2, 0.25) is 0 Å². The van der Waals surface area contributed by atoms with Gasteiger partial charge in [-0.15, -0.1) is 0 Å². The van der Waals surface area contributed by atoms with Gasteiger partial charge in [-0.3, -0.25) is 9.36 Å². The van der Waals surface area contributed by atoms with Crippen LogP contribution < -0.4 is 20.7 Å². The molecule has 0 atom stereocenters. The largest absolute Gasteiger partial charge is 0.381 e. The zero-order chi connectivity index (χ0) is 25.4. The van der Waals surface area contributed by atoms with Crippen LogP contribution in [-0.2, 0) is 0 Å². The molecule has 0 spiro atoms. The molecule has 3 heterocycles. The van der Waals surface area contributed by atoms with Crippen LogP contribution in [-0.4, -0.2) is 66.8 Å². The van der Waals surface area contributed by atoms with Gasteiger partial charge in [0.25, 0.3) is 5.56 Å². The summed E-state index contributed by atoms with van der Waals surface area (Å²) < 4.78 is 9.58. The second kappa shape index (κ2) is 9.38. The quantitative estimate of drug-likeness (QED) is 0.461. The molecule has 1 N–H and O–H groups in total. The zero-order valence-electron chi connectivity index (χ0n) is 21.6. The molecule has 4 aromatic rings. The van der Waals surface area contributed by atoms with Gasteiger partial charge < -0.3 is 20.0 Å². The first-order valence-corrected chi connectivity index (χ1v) is 11.8. The molecule has 0 radical (unpaired) electrons. The molecule has 35 heavy (non-hydrogen) atoms. The fourth-order valence-electron chi connectivity index (χ4n) is 4.54. The zero-order valence-corrected chi connectivity index (χ0v) is 20.6. The van der Waals surface area contributed by atoms with Crippen LogP contribution in [0.15, 0.2) is 65.8 Å². The van der Waals surface area contributed by atoms with Gasteiger partial charge in [0.05, 0.1) is 17.1 Å². The Morgan fingerprint density at radius 3 is 2.66 bits per heavy atom. The van der Waals surface area contributed by atoms with Crippen LogP contribution in [0.25, 0.3) is 16.7 Å². The topological polar surface area (TPSA) is 69.5 Å². The molecule has 0 bridgehead atoms. The highest BCUT2D eigenvalue weighted by Crippen LogP contribution is 2.36. The summed E-state index contributed by atoms with van der Waals surface area (Å²) in [5.74, 6) is 0. The number of fused-ring (bicyclic) bond motifs is 2. The molecule has 0 saturated carbocycles. The van der Waals surface area contributed by atoms with E-state index < -0.39 is 0 Å². The van der Waals surface area contributed by atoms with E-state index in [0.29, 0.717) is 29.0 Å². The normalized spacial score (nSPS) is 13.5. The molecule has 8 nitrogen and oxygen atoms in total. The molecule has 2 aromatic carbocycles. The van der Waals surface area contributed by atoms with E-state index in [0.717, 1.165) is 42.3 Å². The van der Waals surface area contributed by atoms with Gasteiger partial charge in [-0.1, -0.05) is 12.1 Å². The monoisotopic (exact) mass is 470 g/mol. The Balaban J connectivity index is 1.64. The predicted octanol–water partition coefficient (Wildman–Crippen LogP) is 3.65. The fraction of sp³-hybridized carbons (Fsp3) is 0.296. The lowest BCUT2D eigenvalue weighted by Crippen LogP contribution is -2.35. The second-order valence-corrected chi connectivity index (χ2v) is 9.21. The first-order valence-electron chi connectivity index (χ1n) is 12.3. The molecule has 0 fully saturated rings. The van der Waals surface area contributed by atoms with Crippen LogP contribution >= 0.6 is 0 Å². The highest BCUT2D eigenvalue weighted by molar-refractivity contribution is 5.85. The van der Waals surface area contributed by atoms with Crippen molar-refractivity contribution in [2.45, 2.75) is 6.92 Å². The van der Waals surface area contributed by atoms with E-state index in [9.17, 15) is 4.79 Å². The first kappa shape index (κ1) is 21.6. The van der Waals surface area contributed by atoms with Crippen molar-refractivity contribution >= 4 is 33.8 Å². The predicted molar refractivity (Wildman–Crippen MR) is 144 cm³/mol. The molecule has 0 saturated heterocycles. The SMILES string of the molecule is [2H]c1ncc2cc(N3CCNc4c(C)cccc43)c(=O)n(-c3ccc(N(C)CCN(C)C)cc3)c2n1. The van der Waals surface area contributed by atoms with Gasteiger partial charge in [0.1, 0.15) is 13.4 Å². The first-order chi connectivity index (χ1) is 17.3. The highest BCUT2D eigenvalue weighted by atomic mass is 16.1. The van der Waals surface area contributed by atoms with Crippen molar-refractivity contribution in [3.8, 4) is 5.69 Å². The molecule has 180 valence electrons. The smallest absolute Gasteiger partial charge is 0.280 e. The Hall–Kier alpha value is -3.91. The molecule has 8 heteroatoms. The maximum absolute atomic E-state index is 14.0. The Kier molecular flexibility index (Phi) is 5.79. The minimum absolute atomic E-state index is 0.119. The Labute approximate surface area is 206 Å². The summed E-state index contributed by atoms with van der Waals surface area (Å²) in [7, 11) is 6.17. The number of benzene rings is 2. The summed E-state index contributed by atoms with van der Waals surface area (Å²) in [5.41, 5.74) is 5.73. The number of nitrogens with zero attached hydrogens (tertiary/aromatic N) is 6. The number of hydrogen-bond acceptors (Lipinski definition) is 7. The fourth-order valence-corrected chi connectivity index (χ4v) is 4.54. The van der Waals surface area contributed by atoms with E-state index in [2.05, 4.69) is 64.1 Å². The van der Waals surface area contributed by atoms with Gasteiger partial charge in [-0.25, -0.2) is 9.97 Å². The Morgan fingerprint density at radius 1 is 1.09 bits per heavy atom. The van der Waals surface area contributed by atoms with Crippen LogP contribution in [0.3, 0.4) is 0 Å². The van der Waals surface area contributed by atoms with Crippen molar-refractivity contribution < 1.29 is 1.37 Å². The van der Waals surface area contributed by atoms with E-state index >= 15 is 0 Å². The van der Waals surface area contributed by atoms with Crippen molar-refractivity contribution in [2.75, 3.05) is 62.4 Å². The van der Waals surface area contributed by atoms with Gasteiger partial charge >= 0.3 is 0 Å². The maximum Gasteiger partial charge on any atom is 0.280 e. The standard InChI is InChI=1S/C27H31N7O/c1-19-6-5-7-23-25(19)29-12-13-33(23)24-16-20-17-28-18-30-26(20)34(27(24)35)22-10-8-21(9-11-22)32(4)15-14-31(2)3/h5-11,16-18,29H,12-15H2,1-4H3/i18D. The van der Waals surface area contributed by atoms with Gasteiger partial charge in [0.15, 0.2) is 5.65 Å². The molecule has 2 aromatic heterocycles. The van der Waals surface area contributed by atoms with Crippen molar-refractivity contribution in [1.82, 2.24) is 19.4 Å². The van der Waals surface area contributed by atoms with Crippen molar-refractivity contribution in [3.63, 3.8) is 0 Å². The number of likely N-dealkylation sites (N-methyl/N-ethyl adjacent to an activating group) is 2. The second-order valence-electron chi connectivity index (χ2n) is 9.21. The number of aryl methyl sites for hydroxylation is 1. The molecular weight excluding hydrogens is 438 g/mol. The lowest BCUT2D eigenvalue weighted by atomic mass is 10.1. The molecule has 0 amide bonds. The van der Waals surface area contributed by atoms with E-state index in [-0.39, 0.29) is 11.9 Å². The minimum atomic E-state index is -0.177. The van der Waals surface area contributed by atoms with Gasteiger partial charge in [0, 0.05) is 50.5 Å². The third-order valence-corrected chi connectivity index (χ3v) is 6.50. The summed E-state index contributed by atoms with van der Waals surface area (Å²) in [6.07, 6.45) is 1.50. The van der Waals surface area contributed by atoms with Crippen LogP contribution in [0, 0.1) is 6.92 Å². The van der Waals surface area contributed by atoms with Crippen LogP contribution in [0.2, 0.25) is 0 Å². The average Bonchev–Trinajstić information content (AvgIpc) is 2.87. The van der Waals surface area contributed by atoms with Crippen LogP contribution in [0.5, 0.6) is 0 Å². The summed E-state index contributed by atoms with van der Waals surface area (Å²) in [6, 6.07) is 15.9. The van der Waals surface area contributed by atoms with Crippen molar-refractivity contribution in [3.05, 3.63) is 76.9 Å². The Morgan fingerprint density at radius 2 is 1.89 bits per heavy atom. The minimum Gasteiger partial charge on any atom is -0.381 e. The van der Waals surface area contributed by atoms with Crippen LogP contribution in [0.4, 0.5) is 22.7 Å². The van der Waals surface area contributed by atoms with E-state index in [4.69, 9.17) is 1.37 Å². The number of pyridine rings is 1. The molecule has 0 unspecified atom stereocenters. The maximum atomic E-state index is 14.0. The summed E-state index contributed by atoms with van der Waals surface area (Å²) in [5, 5.41) is 4.18. The average molecular weight is 471 g/mol. The number of anilines is 4. The van der Waals surface area contributed by atoms with Gasteiger partial charge in [-0.2, -0.15) is 0 Å². The van der Waals surface area contributed by atoms with E-state index in [1.807, 2.05) is 42.5 Å². The number of rotatable bonds is 6. The number of hydrogen-bond donors (Lipinski definition) is 1. The third-order valence-electron chi connectivity index (χ3n) is 6.50. The highest BCUT2D eigenvalue weighted by Gasteiger charge is 2.24. The summed E-state index contributed by atoms with van der Waals surface area (Å²) in [6.45, 7) is 5.28. The van der Waals surface area contributed by atoms with Crippen LogP contribution in [0.1, 0.15) is 6.93 Å². The van der Waals surface area contributed by atoms with Crippen molar-refractivity contribution in [1.29, 1.82) is 0 Å². The van der Waals surface area contributed by atoms with E-state index in [1.54, 1.807) is 10.8 Å². The number of para-hydroxylation sites is 1. The van der Waals surface area contributed by atoms with Crippen molar-refractivity contribution in [2.24, 2.45) is 0 Å². The molecule has 5 rings (SSSR count). The number of nitrogens with one attached hydrogen (secondary N) is 1. The molecular formula is C27H31N7O. The number of aromatic nitrogens is 3. The summed E-state index contributed by atoms with van der Waals surface area (Å²) >= 11 is 0. The summed E-state index contributed by atoms with van der Waals surface area (Å²) in [4.78, 5) is 28.9. The lowest BCUT2D eigenvalue weighted by molar-refractivity contribution is 0.416.